The molecule has 0 unspecified atom stereocenters. The van der Waals surface area contributed by atoms with Crippen molar-refractivity contribution in [2.24, 2.45) is 5.92 Å². The Morgan fingerprint density at radius 1 is 1.12 bits per heavy atom. The molecule has 6 heteroatoms. The van der Waals surface area contributed by atoms with Crippen LogP contribution >= 0.6 is 11.8 Å². The first-order valence-corrected chi connectivity index (χ1v) is 9.27. The lowest BCUT2D eigenvalue weighted by molar-refractivity contribution is -0.117. The minimum atomic E-state index is -0.406. The van der Waals surface area contributed by atoms with Gasteiger partial charge in [0.25, 0.3) is 0 Å². The topological polar surface area (TPSA) is 49.4 Å². The van der Waals surface area contributed by atoms with Crippen molar-refractivity contribution in [2.75, 3.05) is 16.0 Å². The van der Waals surface area contributed by atoms with E-state index in [0.29, 0.717) is 11.4 Å². The van der Waals surface area contributed by atoms with Crippen molar-refractivity contribution in [3.8, 4) is 0 Å². The number of benzene rings is 2. The fourth-order valence-corrected chi connectivity index (χ4v) is 4.07. The second-order valence-electron chi connectivity index (χ2n) is 6.26. The Kier molecular flexibility index (Phi) is 4.21. The van der Waals surface area contributed by atoms with Crippen molar-refractivity contribution in [1.29, 1.82) is 0 Å². The molecule has 128 valence electrons. The van der Waals surface area contributed by atoms with Crippen molar-refractivity contribution >= 4 is 35.0 Å². The van der Waals surface area contributed by atoms with Crippen LogP contribution in [-0.4, -0.2) is 17.6 Å². The molecule has 0 spiro atoms. The van der Waals surface area contributed by atoms with Crippen LogP contribution < -0.4 is 10.2 Å². The van der Waals surface area contributed by atoms with Crippen LogP contribution in [0.3, 0.4) is 0 Å². The molecule has 2 aliphatic rings. The Balaban J connectivity index is 1.56. The van der Waals surface area contributed by atoms with Gasteiger partial charge in [-0.15, -0.1) is 11.8 Å². The lowest BCUT2D eigenvalue weighted by Gasteiger charge is -2.24. The number of hydrogen-bond acceptors (Lipinski definition) is 3. The van der Waals surface area contributed by atoms with Crippen molar-refractivity contribution in [2.45, 2.75) is 18.2 Å². The molecule has 1 N–H and O–H groups in total. The van der Waals surface area contributed by atoms with Crippen molar-refractivity contribution in [3.05, 3.63) is 59.9 Å². The van der Waals surface area contributed by atoms with Gasteiger partial charge in [0.15, 0.2) is 0 Å². The summed E-state index contributed by atoms with van der Waals surface area (Å²) in [4.78, 5) is 25.6. The number of nitrogens with zero attached hydrogens (tertiary/aromatic N) is 1. The Hall–Kier alpha value is -2.34. The number of halogens is 1. The first-order chi connectivity index (χ1) is 12.1. The second-order valence-corrected chi connectivity index (χ2v) is 7.33. The molecule has 4 rings (SSSR count). The third-order valence-electron chi connectivity index (χ3n) is 4.39. The van der Waals surface area contributed by atoms with Crippen LogP contribution in [0.1, 0.15) is 23.8 Å². The summed E-state index contributed by atoms with van der Waals surface area (Å²) in [6, 6.07) is 13.7. The molecule has 0 aromatic heterocycles. The first-order valence-electron chi connectivity index (χ1n) is 8.22. The molecule has 2 aromatic rings. The van der Waals surface area contributed by atoms with Crippen LogP contribution in [0.25, 0.3) is 0 Å². The van der Waals surface area contributed by atoms with Gasteiger partial charge in [-0.25, -0.2) is 4.39 Å². The van der Waals surface area contributed by atoms with E-state index >= 15 is 0 Å². The van der Waals surface area contributed by atoms with Crippen LogP contribution in [0.4, 0.5) is 15.8 Å². The van der Waals surface area contributed by atoms with Crippen molar-refractivity contribution in [3.63, 3.8) is 0 Å². The summed E-state index contributed by atoms with van der Waals surface area (Å²) < 4.78 is 14.1. The lowest BCUT2D eigenvalue weighted by Crippen LogP contribution is -2.28. The van der Waals surface area contributed by atoms with Gasteiger partial charge in [-0.2, -0.15) is 0 Å². The molecule has 1 saturated heterocycles. The van der Waals surface area contributed by atoms with E-state index < -0.39 is 5.82 Å². The highest BCUT2D eigenvalue weighted by atomic mass is 32.2. The van der Waals surface area contributed by atoms with E-state index in [1.165, 1.54) is 22.7 Å². The highest BCUT2D eigenvalue weighted by molar-refractivity contribution is 8.00. The molecular formula is C19H17FN2O2S. The summed E-state index contributed by atoms with van der Waals surface area (Å²) in [5, 5.41) is 2.63. The highest BCUT2D eigenvalue weighted by Crippen LogP contribution is 2.42. The molecular weight excluding hydrogens is 339 g/mol. The average molecular weight is 356 g/mol. The maximum atomic E-state index is 14.1. The van der Waals surface area contributed by atoms with Crippen LogP contribution in [0.2, 0.25) is 0 Å². The zero-order valence-electron chi connectivity index (χ0n) is 13.4. The normalized spacial score (nSPS) is 20.0. The molecule has 0 bridgehead atoms. The van der Waals surface area contributed by atoms with E-state index in [-0.39, 0.29) is 23.1 Å². The van der Waals surface area contributed by atoms with E-state index in [0.717, 1.165) is 24.1 Å². The smallest absolute Gasteiger partial charge is 0.238 e. The van der Waals surface area contributed by atoms with E-state index in [1.807, 2.05) is 24.3 Å². The zero-order chi connectivity index (χ0) is 17.4. The molecule has 25 heavy (non-hydrogen) atoms. The maximum Gasteiger partial charge on any atom is 0.238 e. The Morgan fingerprint density at radius 2 is 1.84 bits per heavy atom. The van der Waals surface area contributed by atoms with Gasteiger partial charge in [-0.05, 0) is 42.7 Å². The number of hydrogen-bond donors (Lipinski definition) is 1. The average Bonchev–Trinajstić information content (AvgIpc) is 3.40. The molecule has 2 fully saturated rings. The summed E-state index contributed by atoms with van der Waals surface area (Å²) in [5.74, 6) is 0.0207. The molecule has 1 heterocycles. The van der Waals surface area contributed by atoms with Crippen LogP contribution in [0, 0.1) is 11.7 Å². The Bertz CT molecular complexity index is 820. The molecule has 1 saturated carbocycles. The fourth-order valence-electron chi connectivity index (χ4n) is 2.90. The minimum Gasteiger partial charge on any atom is -0.326 e. The SMILES string of the molecule is O=C(Nc1ccc([C@@H]2SCC(=O)N2c2ccccc2F)cc1)C1CC1. The fraction of sp³-hybridized carbons (Fsp3) is 0.263. The summed E-state index contributed by atoms with van der Waals surface area (Å²) in [5.41, 5.74) is 1.95. The predicted octanol–water partition coefficient (Wildman–Crippen LogP) is 3.95. The monoisotopic (exact) mass is 356 g/mol. The number of thioether (sulfide) groups is 1. The van der Waals surface area contributed by atoms with Gasteiger partial charge in [-0.3, -0.25) is 14.5 Å². The highest BCUT2D eigenvalue weighted by Gasteiger charge is 2.35. The Labute approximate surface area is 149 Å². The standard InChI is InChI=1S/C19H17FN2O2S/c20-15-3-1-2-4-16(15)22-17(23)11-25-19(22)13-7-9-14(10-8-13)21-18(24)12-5-6-12/h1-4,7-10,12,19H,5-6,11H2,(H,21,24)/t19-/m0/s1. The molecule has 2 amide bonds. The van der Waals surface area contributed by atoms with E-state index in [4.69, 9.17) is 0 Å². The molecule has 4 nitrogen and oxygen atoms in total. The van der Waals surface area contributed by atoms with Crippen LogP contribution in [0.15, 0.2) is 48.5 Å². The minimum absolute atomic E-state index is 0.0613. The predicted molar refractivity (Wildman–Crippen MR) is 96.9 cm³/mol. The third kappa shape index (κ3) is 3.26. The van der Waals surface area contributed by atoms with Crippen LogP contribution in [-0.2, 0) is 9.59 Å². The van der Waals surface area contributed by atoms with Gasteiger partial charge < -0.3 is 5.32 Å². The van der Waals surface area contributed by atoms with Gasteiger partial charge in [0.1, 0.15) is 11.2 Å². The lowest BCUT2D eigenvalue weighted by atomic mass is 10.1. The number of carbonyl (C=O) groups is 2. The Morgan fingerprint density at radius 3 is 2.52 bits per heavy atom. The summed E-state index contributed by atoms with van der Waals surface area (Å²) in [7, 11) is 0. The number of para-hydroxylation sites is 1. The van der Waals surface area contributed by atoms with Gasteiger partial charge in [0.05, 0.1) is 11.4 Å². The molecule has 1 atom stereocenters. The summed E-state index contributed by atoms with van der Waals surface area (Å²) in [6.45, 7) is 0. The number of nitrogens with one attached hydrogen (secondary N) is 1. The van der Waals surface area contributed by atoms with Gasteiger partial charge in [-0.1, -0.05) is 24.3 Å². The van der Waals surface area contributed by atoms with Crippen molar-refractivity contribution < 1.29 is 14.0 Å². The number of amides is 2. The molecule has 0 radical (unpaired) electrons. The molecule has 1 aliphatic heterocycles. The summed E-state index contributed by atoms with van der Waals surface area (Å²) in [6.07, 6.45) is 1.92. The first kappa shape index (κ1) is 16.1. The number of anilines is 2. The van der Waals surface area contributed by atoms with Gasteiger partial charge >= 0.3 is 0 Å². The zero-order valence-corrected chi connectivity index (χ0v) is 14.3. The number of rotatable bonds is 4. The number of carbonyl (C=O) groups excluding carboxylic acids is 2. The quantitative estimate of drug-likeness (QED) is 0.902. The second kappa shape index (κ2) is 6.52. The van der Waals surface area contributed by atoms with Crippen LogP contribution in [0.5, 0.6) is 0 Å². The van der Waals surface area contributed by atoms with Gasteiger partial charge in [0.2, 0.25) is 11.8 Å². The van der Waals surface area contributed by atoms with E-state index in [2.05, 4.69) is 5.32 Å². The summed E-state index contributed by atoms with van der Waals surface area (Å²) >= 11 is 1.47. The van der Waals surface area contributed by atoms with Gasteiger partial charge in [0, 0.05) is 11.6 Å². The maximum absolute atomic E-state index is 14.1. The third-order valence-corrected chi connectivity index (χ3v) is 5.60. The van der Waals surface area contributed by atoms with Crippen molar-refractivity contribution in [1.82, 2.24) is 0 Å². The molecule has 2 aromatic carbocycles. The largest absolute Gasteiger partial charge is 0.326 e. The van der Waals surface area contributed by atoms with E-state index in [1.54, 1.807) is 18.2 Å². The van der Waals surface area contributed by atoms with E-state index in [9.17, 15) is 14.0 Å². The molecule has 1 aliphatic carbocycles.